The molecule has 4 nitrogen and oxygen atoms in total. The van der Waals surface area contributed by atoms with E-state index in [1.807, 2.05) is 12.1 Å². The van der Waals surface area contributed by atoms with Crippen LogP contribution >= 0.6 is 0 Å². The molecular weight excluding hydrogens is 302 g/mol. The molecule has 0 amide bonds. The Morgan fingerprint density at radius 2 is 1.79 bits per heavy atom. The van der Waals surface area contributed by atoms with Gasteiger partial charge in [-0.2, -0.15) is 0 Å². The van der Waals surface area contributed by atoms with Crippen LogP contribution in [-0.4, -0.2) is 23.3 Å². The first kappa shape index (κ1) is 17.7. The number of esters is 1. The summed E-state index contributed by atoms with van der Waals surface area (Å²) in [5, 5.41) is 0. The van der Waals surface area contributed by atoms with Gasteiger partial charge in [0.1, 0.15) is 5.69 Å². The molecule has 0 aliphatic rings. The highest BCUT2D eigenvalue weighted by Crippen LogP contribution is 2.20. The highest BCUT2D eigenvalue weighted by Gasteiger charge is 2.21. The fourth-order valence-corrected chi connectivity index (χ4v) is 2.65. The van der Waals surface area contributed by atoms with Crippen molar-refractivity contribution in [2.75, 3.05) is 6.61 Å². The maximum Gasteiger partial charge on any atom is 0.355 e. The lowest BCUT2D eigenvalue weighted by Crippen LogP contribution is -2.07. The Morgan fingerprint density at radius 3 is 2.38 bits per heavy atom. The van der Waals surface area contributed by atoms with Crippen LogP contribution in [0.15, 0.2) is 30.3 Å². The van der Waals surface area contributed by atoms with Gasteiger partial charge in [0.15, 0.2) is 5.78 Å². The van der Waals surface area contributed by atoms with Crippen LogP contribution in [0.4, 0.5) is 0 Å². The number of aromatic amines is 1. The van der Waals surface area contributed by atoms with E-state index in [0.29, 0.717) is 29.1 Å². The Morgan fingerprint density at radius 1 is 1.12 bits per heavy atom. The fraction of sp³-hybridized carbons (Fsp3) is 0.300. The lowest BCUT2D eigenvalue weighted by molar-refractivity contribution is 0.0519. The van der Waals surface area contributed by atoms with Crippen molar-refractivity contribution in [3.05, 3.63) is 64.0 Å². The third-order valence-corrected chi connectivity index (χ3v) is 3.98. The van der Waals surface area contributed by atoms with Gasteiger partial charge in [0.2, 0.25) is 0 Å². The first-order chi connectivity index (χ1) is 11.5. The molecule has 24 heavy (non-hydrogen) atoms. The van der Waals surface area contributed by atoms with Crippen molar-refractivity contribution >= 4 is 17.8 Å². The highest BCUT2D eigenvalue weighted by atomic mass is 16.5. The third-order valence-electron chi connectivity index (χ3n) is 3.98. The maximum atomic E-state index is 12.5. The Bertz CT molecular complexity index is 767. The molecule has 1 heterocycles. The molecule has 0 aliphatic heterocycles. The molecule has 0 saturated heterocycles. The lowest BCUT2D eigenvalue weighted by Gasteiger charge is -2.01. The molecule has 0 atom stereocenters. The topological polar surface area (TPSA) is 59.2 Å². The molecule has 1 aromatic heterocycles. The minimum atomic E-state index is -0.434. The van der Waals surface area contributed by atoms with Crippen LogP contribution in [0.3, 0.4) is 0 Å². The smallest absolute Gasteiger partial charge is 0.355 e. The second kappa shape index (κ2) is 7.77. The number of nitrogens with one attached hydrogen (secondary N) is 1. The number of carbonyl (C=O) groups excluding carboxylic acids is 2. The molecule has 0 spiro atoms. The molecule has 4 heteroatoms. The SMILES string of the molecule is CCOC(=O)c1[nH]c(C)c(C(=O)/C=C/c2ccc(CC)cc2)c1C. The first-order valence-corrected chi connectivity index (χ1v) is 8.15. The molecule has 1 aromatic carbocycles. The number of carbonyl (C=O) groups is 2. The summed E-state index contributed by atoms with van der Waals surface area (Å²) in [7, 11) is 0. The summed E-state index contributed by atoms with van der Waals surface area (Å²) in [6.07, 6.45) is 4.32. The zero-order valence-corrected chi connectivity index (χ0v) is 14.6. The van der Waals surface area contributed by atoms with Crippen molar-refractivity contribution in [2.45, 2.75) is 34.1 Å². The number of aromatic nitrogens is 1. The summed E-state index contributed by atoms with van der Waals surface area (Å²) in [5.74, 6) is -0.562. The van der Waals surface area contributed by atoms with E-state index in [2.05, 4.69) is 24.0 Å². The largest absolute Gasteiger partial charge is 0.461 e. The van der Waals surface area contributed by atoms with E-state index in [0.717, 1.165) is 12.0 Å². The summed E-state index contributed by atoms with van der Waals surface area (Å²) < 4.78 is 5.01. The summed E-state index contributed by atoms with van der Waals surface area (Å²) in [6.45, 7) is 7.70. The van der Waals surface area contributed by atoms with Gasteiger partial charge in [0, 0.05) is 11.3 Å². The van der Waals surface area contributed by atoms with Gasteiger partial charge >= 0.3 is 5.97 Å². The standard InChI is InChI=1S/C20H23NO3/c1-5-15-7-9-16(10-8-15)11-12-17(22)18-13(3)19(21-14(18)4)20(23)24-6-2/h7-12,21H,5-6H2,1-4H3/b12-11+. The summed E-state index contributed by atoms with van der Waals surface area (Å²) >= 11 is 0. The van der Waals surface area contributed by atoms with Gasteiger partial charge in [-0.05, 0) is 50.0 Å². The molecule has 126 valence electrons. The fourth-order valence-electron chi connectivity index (χ4n) is 2.65. The Hall–Kier alpha value is -2.62. The van der Waals surface area contributed by atoms with E-state index in [-0.39, 0.29) is 5.78 Å². The quantitative estimate of drug-likeness (QED) is 0.490. The van der Waals surface area contributed by atoms with Gasteiger partial charge in [0.05, 0.1) is 6.61 Å². The maximum absolute atomic E-state index is 12.5. The van der Waals surface area contributed by atoms with Crippen LogP contribution in [0.1, 0.15) is 57.1 Å². The molecule has 0 saturated carbocycles. The number of ketones is 1. The van der Waals surface area contributed by atoms with Crippen LogP contribution in [0.2, 0.25) is 0 Å². The number of aryl methyl sites for hydroxylation is 2. The number of ether oxygens (including phenoxy) is 1. The summed E-state index contributed by atoms with van der Waals surface area (Å²) in [4.78, 5) is 27.4. The third kappa shape index (κ3) is 3.82. The number of allylic oxidation sites excluding steroid dienone is 1. The molecule has 2 rings (SSSR count). The van der Waals surface area contributed by atoms with E-state index in [4.69, 9.17) is 4.74 Å². The molecule has 1 N–H and O–H groups in total. The zero-order chi connectivity index (χ0) is 17.7. The zero-order valence-electron chi connectivity index (χ0n) is 14.6. The van der Waals surface area contributed by atoms with Crippen LogP contribution in [0, 0.1) is 13.8 Å². The Balaban J connectivity index is 2.23. The monoisotopic (exact) mass is 325 g/mol. The molecular formula is C20H23NO3. The van der Waals surface area contributed by atoms with Crippen LogP contribution in [0.5, 0.6) is 0 Å². The molecule has 0 fully saturated rings. The first-order valence-electron chi connectivity index (χ1n) is 8.15. The van der Waals surface area contributed by atoms with Gasteiger partial charge in [-0.25, -0.2) is 4.79 Å². The van der Waals surface area contributed by atoms with Crippen molar-refractivity contribution in [1.29, 1.82) is 0 Å². The minimum absolute atomic E-state index is 0.128. The number of hydrogen-bond acceptors (Lipinski definition) is 3. The molecule has 2 aromatic rings. The number of hydrogen-bond donors (Lipinski definition) is 1. The number of benzene rings is 1. The van der Waals surface area contributed by atoms with E-state index >= 15 is 0 Å². The van der Waals surface area contributed by atoms with Crippen molar-refractivity contribution in [2.24, 2.45) is 0 Å². The molecule has 0 radical (unpaired) electrons. The lowest BCUT2D eigenvalue weighted by atomic mass is 10.0. The second-order valence-corrected chi connectivity index (χ2v) is 5.64. The molecule has 0 aliphatic carbocycles. The predicted octanol–water partition coefficient (Wildman–Crippen LogP) is 4.27. The molecule has 0 unspecified atom stereocenters. The highest BCUT2D eigenvalue weighted by molar-refractivity contribution is 6.10. The number of rotatable bonds is 6. The van der Waals surface area contributed by atoms with E-state index in [1.165, 1.54) is 5.56 Å². The second-order valence-electron chi connectivity index (χ2n) is 5.64. The van der Waals surface area contributed by atoms with Crippen molar-refractivity contribution in [1.82, 2.24) is 4.98 Å². The van der Waals surface area contributed by atoms with Crippen LogP contribution < -0.4 is 0 Å². The van der Waals surface area contributed by atoms with Crippen molar-refractivity contribution in [3.8, 4) is 0 Å². The van der Waals surface area contributed by atoms with Crippen LogP contribution in [-0.2, 0) is 11.2 Å². The number of H-pyrrole nitrogens is 1. The van der Waals surface area contributed by atoms with Gasteiger partial charge in [-0.1, -0.05) is 37.3 Å². The van der Waals surface area contributed by atoms with E-state index in [9.17, 15) is 9.59 Å². The normalized spacial score (nSPS) is 11.0. The van der Waals surface area contributed by atoms with Gasteiger partial charge in [0.25, 0.3) is 0 Å². The van der Waals surface area contributed by atoms with Gasteiger partial charge in [-0.3, -0.25) is 4.79 Å². The average Bonchev–Trinajstić information content (AvgIpc) is 2.88. The van der Waals surface area contributed by atoms with Crippen molar-refractivity contribution in [3.63, 3.8) is 0 Å². The average molecular weight is 325 g/mol. The van der Waals surface area contributed by atoms with E-state index < -0.39 is 5.97 Å². The van der Waals surface area contributed by atoms with Gasteiger partial charge in [-0.15, -0.1) is 0 Å². The minimum Gasteiger partial charge on any atom is -0.461 e. The summed E-state index contributed by atoms with van der Waals surface area (Å²) in [6, 6.07) is 8.08. The summed E-state index contributed by atoms with van der Waals surface area (Å²) in [5.41, 5.74) is 4.40. The molecule has 0 bridgehead atoms. The van der Waals surface area contributed by atoms with Crippen LogP contribution in [0.25, 0.3) is 6.08 Å². The predicted molar refractivity (Wildman–Crippen MR) is 95.4 cm³/mol. The van der Waals surface area contributed by atoms with E-state index in [1.54, 1.807) is 32.9 Å². The Kier molecular flexibility index (Phi) is 5.74. The van der Waals surface area contributed by atoms with Gasteiger partial charge < -0.3 is 9.72 Å². The Labute approximate surface area is 142 Å². The van der Waals surface area contributed by atoms with Crippen molar-refractivity contribution < 1.29 is 14.3 Å².